The van der Waals surface area contributed by atoms with E-state index in [1.165, 1.54) is 54.4 Å². The number of carbonyl (C=O) groups is 2. The fourth-order valence-corrected chi connectivity index (χ4v) is 2.12. The van der Waals surface area contributed by atoms with Crippen LogP contribution in [-0.2, 0) is 16.1 Å². The van der Waals surface area contributed by atoms with E-state index in [1.54, 1.807) is 6.07 Å². The zero-order valence-corrected chi connectivity index (χ0v) is 13.3. The Bertz CT molecular complexity index is 809. The van der Waals surface area contributed by atoms with Crippen molar-refractivity contribution in [2.75, 3.05) is 13.7 Å². The average molecular weight is 346 g/mol. The second-order valence-corrected chi connectivity index (χ2v) is 5.23. The smallest absolute Gasteiger partial charge is 0.345 e. The fourth-order valence-electron chi connectivity index (χ4n) is 2.12. The van der Waals surface area contributed by atoms with Crippen molar-refractivity contribution in [2.24, 2.45) is 0 Å². The van der Waals surface area contributed by atoms with Crippen molar-refractivity contribution >= 4 is 17.6 Å². The van der Waals surface area contributed by atoms with E-state index in [2.05, 4.69) is 0 Å². The van der Waals surface area contributed by atoms with Gasteiger partial charge in [0.15, 0.2) is 6.61 Å². The molecule has 0 fully saturated rings. The molecule has 7 nitrogen and oxygen atoms in total. The third-order valence-corrected chi connectivity index (χ3v) is 3.38. The molecule has 8 heteroatoms. The highest BCUT2D eigenvalue weighted by atomic mass is 19.1. The molecule has 0 aliphatic carbocycles. The molecule has 1 amide bonds. The number of esters is 1. The highest BCUT2D eigenvalue weighted by molar-refractivity contribution is 5.95. The third kappa shape index (κ3) is 4.84. The molecule has 2 aromatic carbocycles. The molecule has 0 aromatic heterocycles. The van der Waals surface area contributed by atoms with Gasteiger partial charge in [-0.15, -0.1) is 0 Å². The van der Waals surface area contributed by atoms with E-state index in [4.69, 9.17) is 4.74 Å². The van der Waals surface area contributed by atoms with E-state index < -0.39 is 34.9 Å². The largest absolute Gasteiger partial charge is 0.452 e. The SMILES string of the molecule is CN(Cc1cccc(F)c1)C(=O)COC(=O)c1ccccc1[N+](=O)[O-]. The van der Waals surface area contributed by atoms with Gasteiger partial charge in [0, 0.05) is 19.7 Å². The molecule has 0 aliphatic rings. The zero-order chi connectivity index (χ0) is 18.4. The van der Waals surface area contributed by atoms with Gasteiger partial charge in [-0.05, 0) is 23.8 Å². The standard InChI is InChI=1S/C17H15FN2O5/c1-19(10-12-5-4-6-13(18)9-12)16(21)11-25-17(22)14-7-2-3-8-15(14)20(23)24/h2-9H,10-11H2,1H3. The molecule has 0 heterocycles. The van der Waals surface area contributed by atoms with E-state index in [-0.39, 0.29) is 12.1 Å². The van der Waals surface area contributed by atoms with Crippen molar-refractivity contribution in [2.45, 2.75) is 6.54 Å². The molecule has 130 valence electrons. The highest BCUT2D eigenvalue weighted by Crippen LogP contribution is 2.18. The lowest BCUT2D eigenvalue weighted by atomic mass is 10.2. The van der Waals surface area contributed by atoms with Crippen molar-refractivity contribution in [3.05, 3.63) is 75.6 Å². The number of nitrogens with zero attached hydrogens (tertiary/aromatic N) is 2. The van der Waals surface area contributed by atoms with Crippen LogP contribution in [0.4, 0.5) is 10.1 Å². The number of carbonyl (C=O) groups excluding carboxylic acids is 2. The van der Waals surface area contributed by atoms with Crippen molar-refractivity contribution < 1.29 is 23.6 Å². The number of nitro groups is 1. The molecule has 2 rings (SSSR count). The monoisotopic (exact) mass is 346 g/mol. The summed E-state index contributed by atoms with van der Waals surface area (Å²) in [6.45, 7) is -0.434. The maximum absolute atomic E-state index is 13.1. The van der Waals surface area contributed by atoms with Crippen LogP contribution in [0.25, 0.3) is 0 Å². The van der Waals surface area contributed by atoms with E-state index >= 15 is 0 Å². The van der Waals surface area contributed by atoms with Gasteiger partial charge in [0.1, 0.15) is 11.4 Å². The maximum Gasteiger partial charge on any atom is 0.345 e. The maximum atomic E-state index is 13.1. The van der Waals surface area contributed by atoms with Crippen LogP contribution in [0.1, 0.15) is 15.9 Å². The van der Waals surface area contributed by atoms with Crippen molar-refractivity contribution in [3.8, 4) is 0 Å². The number of rotatable bonds is 6. The summed E-state index contributed by atoms with van der Waals surface area (Å²) in [5, 5.41) is 10.9. The van der Waals surface area contributed by atoms with Crippen LogP contribution in [-0.4, -0.2) is 35.4 Å². The Hall–Kier alpha value is -3.29. The first-order valence-electron chi connectivity index (χ1n) is 7.27. The molecule has 0 unspecified atom stereocenters. The van der Waals surface area contributed by atoms with Gasteiger partial charge in [-0.25, -0.2) is 9.18 Å². The molecule has 0 spiro atoms. The predicted molar refractivity (Wildman–Crippen MR) is 86.3 cm³/mol. The molecular weight excluding hydrogens is 331 g/mol. The van der Waals surface area contributed by atoms with Gasteiger partial charge in [0.2, 0.25) is 0 Å². The predicted octanol–water partition coefficient (Wildman–Crippen LogP) is 2.55. The van der Waals surface area contributed by atoms with E-state index in [0.717, 1.165) is 0 Å². The summed E-state index contributed by atoms with van der Waals surface area (Å²) in [5.41, 5.74) is -0.0398. The normalized spacial score (nSPS) is 10.2. The summed E-state index contributed by atoms with van der Waals surface area (Å²) in [6.07, 6.45) is 0. The Kier molecular flexibility index (Phi) is 5.78. The summed E-state index contributed by atoms with van der Waals surface area (Å²) in [4.78, 5) is 35.4. The Morgan fingerprint density at radius 2 is 1.92 bits per heavy atom. The van der Waals surface area contributed by atoms with Gasteiger partial charge in [0.25, 0.3) is 11.6 Å². The highest BCUT2D eigenvalue weighted by Gasteiger charge is 2.22. The number of ether oxygens (including phenoxy) is 1. The topological polar surface area (TPSA) is 89.8 Å². The van der Waals surface area contributed by atoms with Crippen LogP contribution >= 0.6 is 0 Å². The van der Waals surface area contributed by atoms with E-state index in [1.807, 2.05) is 0 Å². The Morgan fingerprint density at radius 3 is 2.60 bits per heavy atom. The first-order valence-corrected chi connectivity index (χ1v) is 7.27. The van der Waals surface area contributed by atoms with Crippen LogP contribution in [0.15, 0.2) is 48.5 Å². The summed E-state index contributed by atoms with van der Waals surface area (Å²) in [5.74, 6) is -1.89. The van der Waals surface area contributed by atoms with Gasteiger partial charge >= 0.3 is 5.97 Å². The minimum absolute atomic E-state index is 0.139. The number of nitro benzene ring substituents is 1. The first kappa shape index (κ1) is 18.1. The Labute approximate surface area is 142 Å². The molecule has 0 atom stereocenters. The van der Waals surface area contributed by atoms with Gasteiger partial charge in [-0.2, -0.15) is 0 Å². The summed E-state index contributed by atoms with van der Waals surface area (Å²) >= 11 is 0. The lowest BCUT2D eigenvalue weighted by Crippen LogP contribution is -2.31. The zero-order valence-electron chi connectivity index (χ0n) is 13.3. The van der Waals surface area contributed by atoms with Crippen LogP contribution in [0.2, 0.25) is 0 Å². The number of hydrogen-bond donors (Lipinski definition) is 0. The van der Waals surface area contributed by atoms with Gasteiger partial charge in [-0.3, -0.25) is 14.9 Å². The van der Waals surface area contributed by atoms with Crippen LogP contribution < -0.4 is 0 Å². The number of para-hydroxylation sites is 1. The van der Waals surface area contributed by atoms with Crippen LogP contribution in [0, 0.1) is 15.9 Å². The van der Waals surface area contributed by atoms with Gasteiger partial charge < -0.3 is 9.64 Å². The molecule has 0 saturated heterocycles. The lowest BCUT2D eigenvalue weighted by molar-refractivity contribution is -0.385. The summed E-state index contributed by atoms with van der Waals surface area (Å²) in [6, 6.07) is 11.1. The summed E-state index contributed by atoms with van der Waals surface area (Å²) < 4.78 is 18.0. The minimum Gasteiger partial charge on any atom is -0.452 e. The Balaban J connectivity index is 1.95. The molecule has 0 radical (unpaired) electrons. The lowest BCUT2D eigenvalue weighted by Gasteiger charge is -2.17. The summed E-state index contributed by atoms with van der Waals surface area (Å²) in [7, 11) is 1.48. The molecule has 2 aromatic rings. The second-order valence-electron chi connectivity index (χ2n) is 5.23. The number of halogens is 1. The van der Waals surface area contributed by atoms with Crippen molar-refractivity contribution in [3.63, 3.8) is 0 Å². The van der Waals surface area contributed by atoms with Crippen molar-refractivity contribution in [1.82, 2.24) is 4.90 Å². The second kappa shape index (κ2) is 8.00. The first-order chi connectivity index (χ1) is 11.9. The van der Waals surface area contributed by atoms with E-state index in [9.17, 15) is 24.1 Å². The van der Waals surface area contributed by atoms with Crippen LogP contribution in [0.5, 0.6) is 0 Å². The molecule has 0 bridgehead atoms. The van der Waals surface area contributed by atoms with Gasteiger partial charge in [-0.1, -0.05) is 24.3 Å². The number of hydrogen-bond acceptors (Lipinski definition) is 5. The molecule has 0 N–H and O–H groups in total. The number of likely N-dealkylation sites (N-methyl/N-ethyl adjacent to an activating group) is 1. The number of benzene rings is 2. The molecule has 25 heavy (non-hydrogen) atoms. The fraction of sp³-hybridized carbons (Fsp3) is 0.176. The molecule has 0 saturated carbocycles. The van der Waals surface area contributed by atoms with Crippen molar-refractivity contribution in [1.29, 1.82) is 0 Å². The van der Waals surface area contributed by atoms with E-state index in [0.29, 0.717) is 5.56 Å². The molecule has 0 aliphatic heterocycles. The third-order valence-electron chi connectivity index (χ3n) is 3.38. The van der Waals surface area contributed by atoms with Gasteiger partial charge in [0.05, 0.1) is 4.92 Å². The molecular formula is C17H15FN2O5. The number of amides is 1. The average Bonchev–Trinajstić information content (AvgIpc) is 2.59. The van der Waals surface area contributed by atoms with Crippen LogP contribution in [0.3, 0.4) is 0 Å². The quantitative estimate of drug-likeness (QED) is 0.455. The Morgan fingerprint density at radius 1 is 1.20 bits per heavy atom. The minimum atomic E-state index is -0.959.